The van der Waals surface area contributed by atoms with Crippen LogP contribution in [0.25, 0.3) is 0 Å². The summed E-state index contributed by atoms with van der Waals surface area (Å²) < 4.78 is 16.5. The number of hydrogen-bond acceptors (Lipinski definition) is 5. The number of carbonyl (C=O) groups excluding carboxylic acids is 1. The third-order valence-electron chi connectivity index (χ3n) is 4.00. The van der Waals surface area contributed by atoms with E-state index >= 15 is 0 Å². The number of methoxy groups -OCH3 is 1. The lowest BCUT2D eigenvalue weighted by Gasteiger charge is -2.13. The van der Waals surface area contributed by atoms with Crippen LogP contribution in [0.4, 0.5) is 0 Å². The highest BCUT2D eigenvalue weighted by atomic mass is 16.5. The minimum absolute atomic E-state index is 0.334. The van der Waals surface area contributed by atoms with Gasteiger partial charge in [0.2, 0.25) is 0 Å². The number of unbranched alkanes of at least 4 members (excludes halogenated alkanes) is 2. The molecule has 2 aromatic carbocycles. The van der Waals surface area contributed by atoms with E-state index in [9.17, 15) is 4.79 Å². The maximum Gasteiger partial charge on any atom is 0.280 e. The Morgan fingerprint density at radius 3 is 2.57 bits per heavy atom. The number of ether oxygens (including phenoxy) is 3. The standard InChI is InChI=1S/C22H28N2O4/c1-4-5-6-14-27-19-10-12-20(13-11-19)28-17(2)22(25)24-23-16-18-8-7-9-21(15-18)26-3/h7-13,15-17H,4-6,14H2,1-3H3,(H,24,25). The first-order valence-electron chi connectivity index (χ1n) is 9.49. The van der Waals surface area contributed by atoms with Crippen molar-refractivity contribution in [3.8, 4) is 17.2 Å². The molecule has 0 bridgehead atoms. The summed E-state index contributed by atoms with van der Waals surface area (Å²) in [5.41, 5.74) is 3.30. The van der Waals surface area contributed by atoms with E-state index in [1.54, 1.807) is 32.4 Å². The van der Waals surface area contributed by atoms with Crippen LogP contribution in [0, 0.1) is 0 Å². The summed E-state index contributed by atoms with van der Waals surface area (Å²) in [5, 5.41) is 3.96. The molecular formula is C22H28N2O4. The average Bonchev–Trinajstić information content (AvgIpc) is 2.72. The van der Waals surface area contributed by atoms with Crippen LogP contribution in [0.2, 0.25) is 0 Å². The largest absolute Gasteiger partial charge is 0.497 e. The van der Waals surface area contributed by atoms with Crippen molar-refractivity contribution in [2.24, 2.45) is 5.10 Å². The van der Waals surface area contributed by atoms with Gasteiger partial charge in [0.1, 0.15) is 17.2 Å². The minimum atomic E-state index is -0.682. The van der Waals surface area contributed by atoms with Crippen molar-refractivity contribution in [1.82, 2.24) is 5.43 Å². The van der Waals surface area contributed by atoms with E-state index in [2.05, 4.69) is 17.5 Å². The third-order valence-corrected chi connectivity index (χ3v) is 4.00. The van der Waals surface area contributed by atoms with Gasteiger partial charge in [-0.25, -0.2) is 5.43 Å². The van der Waals surface area contributed by atoms with E-state index in [0.717, 1.165) is 29.9 Å². The van der Waals surface area contributed by atoms with Gasteiger partial charge in [0.15, 0.2) is 6.10 Å². The van der Waals surface area contributed by atoms with Crippen molar-refractivity contribution in [3.63, 3.8) is 0 Å². The summed E-state index contributed by atoms with van der Waals surface area (Å²) in [7, 11) is 1.60. The number of nitrogens with zero attached hydrogens (tertiary/aromatic N) is 1. The maximum absolute atomic E-state index is 12.1. The van der Waals surface area contributed by atoms with E-state index in [1.807, 2.05) is 36.4 Å². The van der Waals surface area contributed by atoms with Crippen LogP contribution in [0.3, 0.4) is 0 Å². The number of amides is 1. The van der Waals surface area contributed by atoms with Gasteiger partial charge in [0.25, 0.3) is 5.91 Å². The number of hydrazone groups is 1. The van der Waals surface area contributed by atoms with E-state index in [0.29, 0.717) is 12.4 Å². The van der Waals surface area contributed by atoms with Crippen LogP contribution < -0.4 is 19.6 Å². The lowest BCUT2D eigenvalue weighted by atomic mass is 10.2. The van der Waals surface area contributed by atoms with Gasteiger partial charge in [0.05, 0.1) is 19.9 Å². The highest BCUT2D eigenvalue weighted by molar-refractivity contribution is 5.84. The molecule has 0 heterocycles. The number of nitrogens with one attached hydrogen (secondary N) is 1. The highest BCUT2D eigenvalue weighted by Gasteiger charge is 2.13. The summed E-state index contributed by atoms with van der Waals surface area (Å²) in [6.45, 7) is 4.54. The van der Waals surface area contributed by atoms with Crippen LogP contribution in [0.5, 0.6) is 17.2 Å². The molecule has 150 valence electrons. The molecule has 6 heteroatoms. The molecule has 0 fully saturated rings. The Morgan fingerprint density at radius 1 is 1.11 bits per heavy atom. The zero-order chi connectivity index (χ0) is 20.2. The summed E-state index contributed by atoms with van der Waals surface area (Å²) in [6.07, 6.45) is 4.24. The van der Waals surface area contributed by atoms with Gasteiger partial charge in [0, 0.05) is 0 Å². The van der Waals surface area contributed by atoms with Crippen molar-refractivity contribution in [2.75, 3.05) is 13.7 Å². The van der Waals surface area contributed by atoms with Crippen LogP contribution in [0.1, 0.15) is 38.7 Å². The maximum atomic E-state index is 12.1. The van der Waals surface area contributed by atoms with Crippen molar-refractivity contribution in [2.45, 2.75) is 39.2 Å². The van der Waals surface area contributed by atoms with Crippen LogP contribution in [0.15, 0.2) is 53.6 Å². The Bertz CT molecular complexity index is 759. The van der Waals surface area contributed by atoms with Crippen molar-refractivity contribution in [1.29, 1.82) is 0 Å². The zero-order valence-electron chi connectivity index (χ0n) is 16.7. The van der Waals surface area contributed by atoms with Gasteiger partial charge in [-0.1, -0.05) is 31.9 Å². The summed E-state index contributed by atoms with van der Waals surface area (Å²) in [6, 6.07) is 14.6. The second-order valence-electron chi connectivity index (χ2n) is 6.30. The lowest BCUT2D eigenvalue weighted by Crippen LogP contribution is -2.33. The predicted octanol–water partition coefficient (Wildman–Crippen LogP) is 4.18. The van der Waals surface area contributed by atoms with Gasteiger partial charge in [-0.3, -0.25) is 4.79 Å². The molecule has 0 aromatic heterocycles. The molecule has 0 spiro atoms. The molecule has 1 amide bonds. The van der Waals surface area contributed by atoms with Gasteiger partial charge in [-0.05, 0) is 55.3 Å². The molecule has 1 N–H and O–H groups in total. The van der Waals surface area contributed by atoms with Crippen molar-refractivity contribution in [3.05, 3.63) is 54.1 Å². The summed E-state index contributed by atoms with van der Waals surface area (Å²) in [5.74, 6) is 1.78. The molecule has 0 aliphatic carbocycles. The Labute approximate surface area is 166 Å². The molecule has 2 rings (SSSR count). The van der Waals surface area contributed by atoms with Gasteiger partial charge in [-0.2, -0.15) is 5.10 Å². The first-order valence-corrected chi connectivity index (χ1v) is 9.49. The molecule has 0 saturated heterocycles. The Hall–Kier alpha value is -3.02. The second kappa shape index (κ2) is 11.6. The number of rotatable bonds is 11. The van der Waals surface area contributed by atoms with Gasteiger partial charge in [-0.15, -0.1) is 0 Å². The average molecular weight is 384 g/mol. The summed E-state index contributed by atoms with van der Waals surface area (Å²) in [4.78, 5) is 12.1. The highest BCUT2D eigenvalue weighted by Crippen LogP contribution is 2.19. The molecule has 1 atom stereocenters. The molecule has 0 aliphatic heterocycles. The second-order valence-corrected chi connectivity index (χ2v) is 6.30. The smallest absolute Gasteiger partial charge is 0.280 e. The van der Waals surface area contributed by atoms with Crippen LogP contribution in [-0.2, 0) is 4.79 Å². The number of benzene rings is 2. The number of hydrogen-bond donors (Lipinski definition) is 1. The first-order chi connectivity index (χ1) is 13.6. The van der Waals surface area contributed by atoms with Crippen LogP contribution >= 0.6 is 0 Å². The zero-order valence-corrected chi connectivity index (χ0v) is 16.7. The molecule has 1 unspecified atom stereocenters. The topological polar surface area (TPSA) is 69.2 Å². The lowest BCUT2D eigenvalue weighted by molar-refractivity contribution is -0.127. The SMILES string of the molecule is CCCCCOc1ccc(OC(C)C(=O)NN=Cc2cccc(OC)c2)cc1. The fourth-order valence-electron chi connectivity index (χ4n) is 2.40. The molecular weight excluding hydrogens is 356 g/mol. The van der Waals surface area contributed by atoms with E-state index in [1.165, 1.54) is 6.42 Å². The molecule has 2 aromatic rings. The monoisotopic (exact) mass is 384 g/mol. The first kappa shape index (κ1) is 21.3. The van der Waals surface area contributed by atoms with E-state index in [4.69, 9.17) is 14.2 Å². The molecule has 0 aliphatic rings. The predicted molar refractivity (Wildman–Crippen MR) is 110 cm³/mol. The fraction of sp³-hybridized carbons (Fsp3) is 0.364. The van der Waals surface area contributed by atoms with Crippen molar-refractivity contribution < 1.29 is 19.0 Å². The molecule has 6 nitrogen and oxygen atoms in total. The van der Waals surface area contributed by atoms with E-state index < -0.39 is 6.10 Å². The molecule has 0 saturated carbocycles. The Morgan fingerprint density at radius 2 is 1.86 bits per heavy atom. The van der Waals surface area contributed by atoms with Crippen molar-refractivity contribution >= 4 is 12.1 Å². The quantitative estimate of drug-likeness (QED) is 0.358. The van der Waals surface area contributed by atoms with E-state index in [-0.39, 0.29) is 5.91 Å². The molecule has 0 radical (unpaired) electrons. The van der Waals surface area contributed by atoms with Gasteiger partial charge < -0.3 is 14.2 Å². The third kappa shape index (κ3) is 7.31. The molecule has 28 heavy (non-hydrogen) atoms. The normalized spacial score (nSPS) is 11.8. The summed E-state index contributed by atoms with van der Waals surface area (Å²) >= 11 is 0. The Balaban J connectivity index is 1.78. The van der Waals surface area contributed by atoms with Gasteiger partial charge >= 0.3 is 0 Å². The van der Waals surface area contributed by atoms with Crippen LogP contribution in [-0.4, -0.2) is 31.9 Å². The Kier molecular flexibility index (Phi) is 8.85. The minimum Gasteiger partial charge on any atom is -0.497 e. The number of carbonyl (C=O) groups is 1. The fourth-order valence-corrected chi connectivity index (χ4v) is 2.40.